The number of hydrogen-bond acceptors (Lipinski definition) is 3. The Morgan fingerprint density at radius 3 is 2.68 bits per heavy atom. The molecule has 6 heteroatoms. The fourth-order valence-electron chi connectivity index (χ4n) is 3.39. The van der Waals surface area contributed by atoms with Gasteiger partial charge in [0.2, 0.25) is 5.56 Å². The van der Waals surface area contributed by atoms with Crippen LogP contribution in [0.15, 0.2) is 71.8 Å². The highest BCUT2D eigenvalue weighted by molar-refractivity contribution is 5.94. The largest absolute Gasteiger partial charge is 0.345 e. The monoisotopic (exact) mass is 372 g/mol. The molecule has 0 bridgehead atoms. The Labute approximate surface area is 161 Å². The van der Waals surface area contributed by atoms with E-state index in [0.717, 1.165) is 27.7 Å². The lowest BCUT2D eigenvalue weighted by Gasteiger charge is -2.15. The molecule has 1 amide bonds. The Balaban J connectivity index is 1.63. The molecule has 0 saturated heterocycles. The predicted molar refractivity (Wildman–Crippen MR) is 109 cm³/mol. The van der Waals surface area contributed by atoms with E-state index in [-0.39, 0.29) is 17.5 Å². The van der Waals surface area contributed by atoms with Crippen molar-refractivity contribution in [2.75, 3.05) is 0 Å². The number of hydrogen-bond donors (Lipinski definition) is 2. The Kier molecular flexibility index (Phi) is 4.53. The minimum absolute atomic E-state index is 0.233. The smallest absolute Gasteiger partial charge is 0.253 e. The maximum atomic E-state index is 12.4. The van der Waals surface area contributed by atoms with E-state index in [9.17, 15) is 9.59 Å². The van der Waals surface area contributed by atoms with Gasteiger partial charge in [-0.2, -0.15) is 5.10 Å². The van der Waals surface area contributed by atoms with Gasteiger partial charge in [0.05, 0.1) is 23.5 Å². The van der Waals surface area contributed by atoms with Crippen LogP contribution in [-0.2, 0) is 0 Å². The first-order chi connectivity index (χ1) is 13.5. The maximum Gasteiger partial charge on any atom is 0.253 e. The van der Waals surface area contributed by atoms with Gasteiger partial charge in [-0.15, -0.1) is 0 Å². The van der Waals surface area contributed by atoms with Crippen LogP contribution >= 0.6 is 0 Å². The van der Waals surface area contributed by atoms with Crippen LogP contribution in [0.4, 0.5) is 0 Å². The van der Waals surface area contributed by atoms with E-state index in [1.54, 1.807) is 6.20 Å². The van der Waals surface area contributed by atoms with Crippen molar-refractivity contribution < 1.29 is 4.79 Å². The summed E-state index contributed by atoms with van der Waals surface area (Å²) >= 11 is 0. The van der Waals surface area contributed by atoms with Crippen molar-refractivity contribution in [3.63, 3.8) is 0 Å². The maximum absolute atomic E-state index is 12.4. The lowest BCUT2D eigenvalue weighted by Crippen LogP contribution is -2.27. The van der Waals surface area contributed by atoms with E-state index in [2.05, 4.69) is 33.6 Å². The summed E-state index contributed by atoms with van der Waals surface area (Å²) in [4.78, 5) is 26.1. The van der Waals surface area contributed by atoms with E-state index < -0.39 is 0 Å². The third-order valence-electron chi connectivity index (χ3n) is 4.90. The molecular weight excluding hydrogens is 352 g/mol. The third kappa shape index (κ3) is 3.20. The average Bonchev–Trinajstić information content (AvgIpc) is 3.09. The lowest BCUT2D eigenvalue weighted by atomic mass is 10.1. The SMILES string of the molecule is Cc1c([C@@H](C)NC(=O)c2ccc(=O)[nH]c2)cnn1-c1cccc2ccccc12. The number of H-pyrrole nitrogens is 1. The molecule has 4 aromatic rings. The Morgan fingerprint density at radius 2 is 1.89 bits per heavy atom. The number of amides is 1. The summed E-state index contributed by atoms with van der Waals surface area (Å²) in [5, 5.41) is 9.79. The molecule has 0 aliphatic carbocycles. The topological polar surface area (TPSA) is 79.8 Å². The van der Waals surface area contributed by atoms with Crippen molar-refractivity contribution in [1.29, 1.82) is 0 Å². The summed E-state index contributed by atoms with van der Waals surface area (Å²) in [6, 6.07) is 16.9. The number of pyridine rings is 1. The normalized spacial score (nSPS) is 12.1. The number of carbonyl (C=O) groups excluding carboxylic acids is 1. The van der Waals surface area contributed by atoms with Crippen molar-refractivity contribution in [2.24, 2.45) is 0 Å². The lowest BCUT2D eigenvalue weighted by molar-refractivity contribution is 0.0939. The van der Waals surface area contributed by atoms with Crippen LogP contribution in [0.25, 0.3) is 16.5 Å². The molecule has 140 valence electrons. The van der Waals surface area contributed by atoms with E-state index in [1.807, 2.05) is 42.8 Å². The van der Waals surface area contributed by atoms with Crippen LogP contribution in [-0.4, -0.2) is 20.7 Å². The van der Waals surface area contributed by atoms with Gasteiger partial charge in [-0.25, -0.2) is 4.68 Å². The minimum Gasteiger partial charge on any atom is -0.345 e. The van der Waals surface area contributed by atoms with Crippen LogP contribution in [0.5, 0.6) is 0 Å². The van der Waals surface area contributed by atoms with E-state index >= 15 is 0 Å². The standard InChI is InChI=1S/C22H20N4O2/c1-14(25-22(28)17-10-11-21(27)23-12-17)19-13-24-26(15(19)2)20-9-5-7-16-6-3-4-8-18(16)20/h3-14H,1-2H3,(H,23,27)(H,25,28)/t14-/m1/s1. The molecule has 0 unspecified atom stereocenters. The van der Waals surface area contributed by atoms with Crippen LogP contribution in [0.1, 0.15) is 34.6 Å². The van der Waals surface area contributed by atoms with Crippen molar-refractivity contribution in [1.82, 2.24) is 20.1 Å². The second kappa shape index (κ2) is 7.15. The second-order valence-electron chi connectivity index (χ2n) is 6.73. The quantitative estimate of drug-likeness (QED) is 0.575. The summed E-state index contributed by atoms with van der Waals surface area (Å²) in [5.74, 6) is -0.249. The highest BCUT2D eigenvalue weighted by Gasteiger charge is 2.18. The number of aromatic amines is 1. The molecule has 2 aromatic heterocycles. The summed E-state index contributed by atoms with van der Waals surface area (Å²) in [5.41, 5.74) is 3.07. The molecule has 0 radical (unpaired) electrons. The highest BCUT2D eigenvalue weighted by atomic mass is 16.2. The van der Waals surface area contributed by atoms with Crippen molar-refractivity contribution in [3.8, 4) is 5.69 Å². The zero-order valence-electron chi connectivity index (χ0n) is 15.6. The van der Waals surface area contributed by atoms with Gasteiger partial charge in [0.25, 0.3) is 5.91 Å². The minimum atomic E-state index is -0.249. The van der Waals surface area contributed by atoms with Gasteiger partial charge in [-0.3, -0.25) is 9.59 Å². The molecule has 0 aliphatic heterocycles. The molecule has 0 aliphatic rings. The molecule has 0 saturated carbocycles. The molecule has 6 nitrogen and oxygen atoms in total. The Hall–Kier alpha value is -3.67. The summed E-state index contributed by atoms with van der Waals surface area (Å²) in [7, 11) is 0. The molecule has 2 N–H and O–H groups in total. The van der Waals surface area contributed by atoms with Gasteiger partial charge in [0.15, 0.2) is 0 Å². The number of rotatable bonds is 4. The molecule has 1 atom stereocenters. The molecule has 0 fully saturated rings. The van der Waals surface area contributed by atoms with Crippen molar-refractivity contribution >= 4 is 16.7 Å². The van der Waals surface area contributed by atoms with Crippen LogP contribution in [0.3, 0.4) is 0 Å². The first-order valence-electron chi connectivity index (χ1n) is 9.07. The van der Waals surface area contributed by atoms with Gasteiger partial charge >= 0.3 is 0 Å². The molecule has 2 aromatic carbocycles. The number of benzene rings is 2. The fraction of sp³-hybridized carbons (Fsp3) is 0.136. The number of aromatic nitrogens is 3. The molecule has 2 heterocycles. The Morgan fingerprint density at radius 1 is 1.11 bits per heavy atom. The van der Waals surface area contributed by atoms with Crippen molar-refractivity contribution in [2.45, 2.75) is 19.9 Å². The zero-order valence-corrected chi connectivity index (χ0v) is 15.6. The van der Waals surface area contributed by atoms with E-state index in [1.165, 1.54) is 18.3 Å². The van der Waals surface area contributed by atoms with Gasteiger partial charge in [0.1, 0.15) is 0 Å². The first-order valence-corrected chi connectivity index (χ1v) is 9.07. The molecule has 4 rings (SSSR count). The summed E-state index contributed by atoms with van der Waals surface area (Å²) < 4.78 is 1.90. The summed E-state index contributed by atoms with van der Waals surface area (Å²) in [6.07, 6.45) is 3.20. The average molecular weight is 372 g/mol. The van der Waals surface area contributed by atoms with Crippen LogP contribution < -0.4 is 10.9 Å². The van der Waals surface area contributed by atoms with Gasteiger partial charge in [-0.1, -0.05) is 36.4 Å². The first kappa shape index (κ1) is 17.7. The van der Waals surface area contributed by atoms with Crippen LogP contribution in [0, 0.1) is 6.92 Å². The van der Waals surface area contributed by atoms with Gasteiger partial charge in [-0.05, 0) is 31.4 Å². The number of nitrogens with zero attached hydrogens (tertiary/aromatic N) is 2. The highest BCUT2D eigenvalue weighted by Crippen LogP contribution is 2.26. The number of carbonyl (C=O) groups is 1. The Bertz CT molecular complexity index is 1200. The van der Waals surface area contributed by atoms with Crippen molar-refractivity contribution in [3.05, 3.63) is 94.2 Å². The molecule has 0 spiro atoms. The second-order valence-corrected chi connectivity index (χ2v) is 6.73. The third-order valence-corrected chi connectivity index (χ3v) is 4.90. The van der Waals surface area contributed by atoms with Crippen LogP contribution in [0.2, 0.25) is 0 Å². The summed E-state index contributed by atoms with van der Waals surface area (Å²) in [6.45, 7) is 3.91. The molecular formula is C22H20N4O2. The zero-order chi connectivity index (χ0) is 19.7. The predicted octanol–water partition coefficient (Wildman–Crippen LogP) is 3.51. The van der Waals surface area contributed by atoms with Gasteiger partial charge < -0.3 is 10.3 Å². The van der Waals surface area contributed by atoms with E-state index in [0.29, 0.717) is 5.56 Å². The fourth-order valence-corrected chi connectivity index (χ4v) is 3.39. The van der Waals surface area contributed by atoms with Gasteiger partial charge in [0, 0.05) is 28.9 Å². The van der Waals surface area contributed by atoms with E-state index in [4.69, 9.17) is 0 Å². The number of fused-ring (bicyclic) bond motifs is 1. The number of nitrogens with one attached hydrogen (secondary N) is 2. The molecule has 28 heavy (non-hydrogen) atoms.